The van der Waals surface area contributed by atoms with E-state index in [2.05, 4.69) is 9.12 Å². The van der Waals surface area contributed by atoms with E-state index >= 15 is 0 Å². The van der Waals surface area contributed by atoms with Crippen LogP contribution < -0.4 is 4.72 Å². The molecule has 1 saturated heterocycles. The van der Waals surface area contributed by atoms with Crippen molar-refractivity contribution in [2.75, 3.05) is 6.54 Å². The molecule has 1 N–H and O–H groups in total. The third kappa shape index (κ3) is 3.50. The monoisotopic (exact) mass is 347 g/mol. The molecule has 0 saturated carbocycles. The smallest absolute Gasteiger partial charge is 0.339 e. The van der Waals surface area contributed by atoms with E-state index in [0.717, 1.165) is 31.4 Å². The summed E-state index contributed by atoms with van der Waals surface area (Å²) in [5, 5.41) is 0. The molecular weight excluding hydrogens is 331 g/mol. The van der Waals surface area contributed by atoms with Crippen molar-refractivity contribution >= 4 is 16.0 Å². The van der Waals surface area contributed by atoms with Gasteiger partial charge >= 0.3 is 16.4 Å². The van der Waals surface area contributed by atoms with Gasteiger partial charge in [-0.15, -0.1) is 4.40 Å². The highest BCUT2D eigenvalue weighted by Gasteiger charge is 2.36. The number of nitrogens with zero attached hydrogens (tertiary/aromatic N) is 2. The third-order valence-corrected chi connectivity index (χ3v) is 4.93. The predicted molar refractivity (Wildman–Crippen MR) is 78.8 cm³/mol. The van der Waals surface area contributed by atoms with E-state index in [1.54, 1.807) is 4.90 Å². The molecule has 0 amide bonds. The molecule has 0 radical (unpaired) electrons. The molecule has 23 heavy (non-hydrogen) atoms. The van der Waals surface area contributed by atoms with Gasteiger partial charge < -0.3 is 4.90 Å². The number of halogens is 3. The van der Waals surface area contributed by atoms with Crippen LogP contribution in [0.15, 0.2) is 28.7 Å². The summed E-state index contributed by atoms with van der Waals surface area (Å²) < 4.78 is 68.7. The molecule has 2 aliphatic rings. The van der Waals surface area contributed by atoms with Crippen molar-refractivity contribution in [3.63, 3.8) is 0 Å². The van der Waals surface area contributed by atoms with Crippen LogP contribution in [0.1, 0.15) is 43.0 Å². The highest BCUT2D eigenvalue weighted by Crippen LogP contribution is 2.33. The lowest BCUT2D eigenvalue weighted by atomic mass is 10.1. The van der Waals surface area contributed by atoms with Gasteiger partial charge in [-0.05, 0) is 30.5 Å². The number of fused-ring (bicyclic) bond motifs is 1. The molecule has 9 heteroatoms. The molecule has 2 aliphatic heterocycles. The van der Waals surface area contributed by atoms with Gasteiger partial charge in [0.05, 0.1) is 5.56 Å². The molecule has 0 aromatic heterocycles. The van der Waals surface area contributed by atoms with E-state index < -0.39 is 28.1 Å². The molecule has 5 nitrogen and oxygen atoms in total. The topological polar surface area (TPSA) is 61.8 Å². The SMILES string of the molecule is O=S1(=O)N=C2CCCCCN2C(c2cccc(C(F)(F)F)c2)N1. The van der Waals surface area contributed by atoms with Crippen LogP contribution in [0.3, 0.4) is 0 Å². The van der Waals surface area contributed by atoms with Gasteiger partial charge in [-0.1, -0.05) is 18.6 Å². The molecule has 1 atom stereocenters. The Kier molecular flexibility index (Phi) is 4.09. The second kappa shape index (κ2) is 5.79. The Bertz CT molecular complexity index is 731. The average Bonchev–Trinajstić information content (AvgIpc) is 2.70. The molecule has 0 bridgehead atoms. The summed E-state index contributed by atoms with van der Waals surface area (Å²) in [5.74, 6) is 0.420. The van der Waals surface area contributed by atoms with E-state index in [9.17, 15) is 21.6 Å². The fourth-order valence-electron chi connectivity index (χ4n) is 2.89. The van der Waals surface area contributed by atoms with Gasteiger partial charge in [-0.3, -0.25) is 0 Å². The molecular formula is C14H16F3N3O2S. The van der Waals surface area contributed by atoms with Gasteiger partial charge in [0.1, 0.15) is 12.0 Å². The maximum absolute atomic E-state index is 12.9. The van der Waals surface area contributed by atoms with Crippen molar-refractivity contribution in [1.82, 2.24) is 9.62 Å². The Morgan fingerprint density at radius 3 is 2.74 bits per heavy atom. The standard InChI is InChI=1S/C14H16F3N3O2S/c15-14(16,17)11-6-4-5-10(9-11)13-19-23(21,22)18-12-7-2-1-3-8-20(12)13/h4-6,9,13,19H,1-3,7-8H2. The molecule has 1 aromatic carbocycles. The lowest BCUT2D eigenvalue weighted by molar-refractivity contribution is -0.137. The minimum atomic E-state index is -4.47. The Morgan fingerprint density at radius 1 is 1.22 bits per heavy atom. The second-order valence-corrected chi connectivity index (χ2v) is 7.00. The van der Waals surface area contributed by atoms with Crippen LogP contribution in [0, 0.1) is 0 Å². The van der Waals surface area contributed by atoms with Crippen LogP contribution in [0.2, 0.25) is 0 Å². The van der Waals surface area contributed by atoms with Gasteiger partial charge in [0.25, 0.3) is 0 Å². The van der Waals surface area contributed by atoms with Crippen molar-refractivity contribution in [3.05, 3.63) is 35.4 Å². The molecule has 1 fully saturated rings. The number of hydrogen-bond donors (Lipinski definition) is 1. The van der Waals surface area contributed by atoms with Gasteiger partial charge in [0, 0.05) is 13.0 Å². The predicted octanol–water partition coefficient (Wildman–Crippen LogP) is 2.83. The number of benzene rings is 1. The largest absolute Gasteiger partial charge is 0.416 e. The number of alkyl halides is 3. The normalized spacial score (nSPS) is 24.6. The van der Waals surface area contributed by atoms with Gasteiger partial charge in [0.15, 0.2) is 0 Å². The third-order valence-electron chi connectivity index (χ3n) is 3.96. The van der Waals surface area contributed by atoms with Crippen LogP contribution >= 0.6 is 0 Å². The first-order valence-corrected chi connectivity index (χ1v) is 8.75. The summed E-state index contributed by atoms with van der Waals surface area (Å²) in [6, 6.07) is 4.74. The van der Waals surface area contributed by atoms with Gasteiger partial charge in [-0.2, -0.15) is 26.3 Å². The van der Waals surface area contributed by atoms with Crippen LogP contribution in [-0.4, -0.2) is 25.7 Å². The maximum Gasteiger partial charge on any atom is 0.416 e. The van der Waals surface area contributed by atoms with Gasteiger partial charge in [-0.25, -0.2) is 0 Å². The van der Waals surface area contributed by atoms with Crippen LogP contribution in [0.4, 0.5) is 13.2 Å². The van der Waals surface area contributed by atoms with Crippen LogP contribution in [0.25, 0.3) is 0 Å². The molecule has 3 rings (SSSR count). The van der Waals surface area contributed by atoms with E-state index in [0.29, 0.717) is 18.8 Å². The highest BCUT2D eigenvalue weighted by atomic mass is 32.2. The molecule has 126 valence electrons. The summed E-state index contributed by atoms with van der Waals surface area (Å²) in [7, 11) is -3.90. The number of hydrogen-bond acceptors (Lipinski definition) is 3. The summed E-state index contributed by atoms with van der Waals surface area (Å²) >= 11 is 0. The van der Waals surface area contributed by atoms with Crippen molar-refractivity contribution in [2.45, 2.75) is 38.0 Å². The summed E-state index contributed by atoms with van der Waals surface area (Å²) in [4.78, 5) is 1.75. The van der Waals surface area contributed by atoms with Crippen LogP contribution in [-0.2, 0) is 16.4 Å². The van der Waals surface area contributed by atoms with Gasteiger partial charge in [0.2, 0.25) is 0 Å². The van der Waals surface area contributed by atoms with E-state index in [4.69, 9.17) is 0 Å². The quantitative estimate of drug-likeness (QED) is 0.850. The first-order valence-electron chi connectivity index (χ1n) is 7.31. The zero-order valence-corrected chi connectivity index (χ0v) is 13.0. The molecule has 0 aliphatic carbocycles. The zero-order chi connectivity index (χ0) is 16.7. The average molecular weight is 347 g/mol. The van der Waals surface area contributed by atoms with Crippen LogP contribution in [0.5, 0.6) is 0 Å². The molecule has 2 heterocycles. The number of rotatable bonds is 1. The highest BCUT2D eigenvalue weighted by molar-refractivity contribution is 7.88. The Balaban J connectivity index is 2.03. The zero-order valence-electron chi connectivity index (χ0n) is 12.2. The summed E-state index contributed by atoms with van der Waals surface area (Å²) in [5.41, 5.74) is -0.536. The summed E-state index contributed by atoms with van der Waals surface area (Å²) in [6.07, 6.45) is -2.22. The number of nitrogens with one attached hydrogen (secondary N) is 1. The van der Waals surface area contributed by atoms with E-state index in [1.165, 1.54) is 12.1 Å². The Hall–Kier alpha value is -1.61. The van der Waals surface area contributed by atoms with E-state index in [-0.39, 0.29) is 5.56 Å². The minimum absolute atomic E-state index is 0.262. The van der Waals surface area contributed by atoms with Crippen molar-refractivity contribution in [3.8, 4) is 0 Å². The number of amidine groups is 1. The van der Waals surface area contributed by atoms with E-state index in [1.807, 2.05) is 0 Å². The van der Waals surface area contributed by atoms with Crippen molar-refractivity contribution in [1.29, 1.82) is 0 Å². The van der Waals surface area contributed by atoms with Crippen molar-refractivity contribution < 1.29 is 21.6 Å². The molecule has 1 aromatic rings. The molecule has 1 unspecified atom stereocenters. The lowest BCUT2D eigenvalue weighted by Crippen LogP contribution is -2.48. The first kappa shape index (κ1) is 16.3. The lowest BCUT2D eigenvalue weighted by Gasteiger charge is -2.36. The van der Waals surface area contributed by atoms with Crippen molar-refractivity contribution in [2.24, 2.45) is 4.40 Å². The minimum Gasteiger partial charge on any atom is -0.339 e. The Labute approximate surface area is 132 Å². The maximum atomic E-state index is 12.9. The summed E-state index contributed by atoms with van der Waals surface area (Å²) in [6.45, 7) is 0.558. The Morgan fingerprint density at radius 2 is 2.00 bits per heavy atom. The second-order valence-electron chi connectivity index (χ2n) is 5.63. The fraction of sp³-hybridized carbons (Fsp3) is 0.500. The first-order chi connectivity index (χ1) is 10.8. The fourth-order valence-corrected chi connectivity index (χ4v) is 3.97. The molecule has 0 spiro atoms.